The summed E-state index contributed by atoms with van der Waals surface area (Å²) in [6, 6.07) is 7.37. The van der Waals surface area contributed by atoms with Crippen LogP contribution < -0.4 is 11.1 Å². The summed E-state index contributed by atoms with van der Waals surface area (Å²) in [4.78, 5) is 12.2. The van der Waals surface area contributed by atoms with Gasteiger partial charge in [-0.05, 0) is 25.5 Å². The zero-order chi connectivity index (χ0) is 14.0. The average Bonchev–Trinajstić information content (AvgIpc) is 2.70. The number of aryl methyl sites for hydroxylation is 1. The molecule has 0 radical (unpaired) electrons. The SMILES string of the molecule is Cc1c(C(=O)NC(C)c2ccccc2N)cnn1C. The maximum atomic E-state index is 12.2. The smallest absolute Gasteiger partial charge is 0.255 e. The van der Waals surface area contributed by atoms with Crippen molar-refractivity contribution in [3.63, 3.8) is 0 Å². The summed E-state index contributed by atoms with van der Waals surface area (Å²) in [6.45, 7) is 3.78. The van der Waals surface area contributed by atoms with Gasteiger partial charge in [-0.15, -0.1) is 0 Å². The summed E-state index contributed by atoms with van der Waals surface area (Å²) in [5, 5.41) is 7.00. The monoisotopic (exact) mass is 258 g/mol. The molecule has 1 amide bonds. The molecule has 5 heteroatoms. The topological polar surface area (TPSA) is 72.9 Å². The molecule has 0 spiro atoms. The summed E-state index contributed by atoms with van der Waals surface area (Å²) >= 11 is 0. The second-order valence-corrected chi connectivity index (χ2v) is 4.59. The summed E-state index contributed by atoms with van der Waals surface area (Å²) in [5.74, 6) is -0.138. The molecule has 0 fully saturated rings. The van der Waals surface area contributed by atoms with Crippen molar-refractivity contribution in [1.82, 2.24) is 15.1 Å². The number of hydrogen-bond acceptors (Lipinski definition) is 3. The second kappa shape index (κ2) is 5.14. The molecular formula is C14H18N4O. The van der Waals surface area contributed by atoms with E-state index in [1.807, 2.05) is 45.2 Å². The molecule has 2 aromatic rings. The molecule has 19 heavy (non-hydrogen) atoms. The Balaban J connectivity index is 2.16. The molecule has 0 aliphatic heterocycles. The molecule has 5 nitrogen and oxygen atoms in total. The fourth-order valence-corrected chi connectivity index (χ4v) is 1.98. The maximum absolute atomic E-state index is 12.2. The van der Waals surface area contributed by atoms with Gasteiger partial charge < -0.3 is 11.1 Å². The first-order chi connectivity index (χ1) is 9.00. The Morgan fingerprint density at radius 1 is 1.42 bits per heavy atom. The number of nitrogens with one attached hydrogen (secondary N) is 1. The third-order valence-electron chi connectivity index (χ3n) is 3.29. The zero-order valence-electron chi connectivity index (χ0n) is 11.3. The van der Waals surface area contributed by atoms with Crippen LogP contribution in [0.1, 0.15) is 34.6 Å². The number of nitrogen functional groups attached to an aromatic ring is 1. The lowest BCUT2D eigenvalue weighted by atomic mass is 10.1. The van der Waals surface area contributed by atoms with Crippen LogP contribution in [0.2, 0.25) is 0 Å². The largest absolute Gasteiger partial charge is 0.398 e. The van der Waals surface area contributed by atoms with E-state index in [-0.39, 0.29) is 11.9 Å². The molecule has 1 aromatic carbocycles. The standard InChI is InChI=1S/C14H18N4O/c1-9(11-6-4-5-7-13(11)15)17-14(19)12-8-16-18(3)10(12)2/h4-9H,15H2,1-3H3,(H,17,19). The molecule has 1 aromatic heterocycles. The van der Waals surface area contributed by atoms with Gasteiger partial charge in [-0.2, -0.15) is 5.10 Å². The molecule has 1 atom stereocenters. The van der Waals surface area contributed by atoms with Gasteiger partial charge in [0.15, 0.2) is 0 Å². The highest BCUT2D eigenvalue weighted by molar-refractivity contribution is 5.95. The minimum absolute atomic E-state index is 0.138. The van der Waals surface area contributed by atoms with Crippen molar-refractivity contribution in [2.24, 2.45) is 7.05 Å². The third kappa shape index (κ3) is 2.59. The molecule has 0 aliphatic rings. The highest BCUT2D eigenvalue weighted by Gasteiger charge is 2.16. The Morgan fingerprint density at radius 3 is 2.68 bits per heavy atom. The van der Waals surface area contributed by atoms with Gasteiger partial charge in [-0.1, -0.05) is 18.2 Å². The maximum Gasteiger partial charge on any atom is 0.255 e. The molecule has 0 saturated heterocycles. The Bertz CT molecular complexity index is 603. The van der Waals surface area contributed by atoms with Crippen molar-refractivity contribution >= 4 is 11.6 Å². The average molecular weight is 258 g/mol. The van der Waals surface area contributed by atoms with Gasteiger partial charge >= 0.3 is 0 Å². The molecule has 3 N–H and O–H groups in total. The van der Waals surface area contributed by atoms with Crippen LogP contribution in [0.15, 0.2) is 30.5 Å². The third-order valence-corrected chi connectivity index (χ3v) is 3.29. The fourth-order valence-electron chi connectivity index (χ4n) is 1.98. The van der Waals surface area contributed by atoms with Crippen LogP contribution in [0.4, 0.5) is 5.69 Å². The number of rotatable bonds is 3. The molecular weight excluding hydrogens is 240 g/mol. The number of nitrogens with two attached hydrogens (primary N) is 1. The zero-order valence-corrected chi connectivity index (χ0v) is 11.3. The Morgan fingerprint density at radius 2 is 2.11 bits per heavy atom. The van der Waals surface area contributed by atoms with Crippen LogP contribution in [0.25, 0.3) is 0 Å². The van der Waals surface area contributed by atoms with E-state index in [0.29, 0.717) is 11.3 Å². The molecule has 0 aliphatic carbocycles. The quantitative estimate of drug-likeness (QED) is 0.824. The first-order valence-electron chi connectivity index (χ1n) is 6.14. The number of aromatic nitrogens is 2. The molecule has 0 bridgehead atoms. The molecule has 0 saturated carbocycles. The second-order valence-electron chi connectivity index (χ2n) is 4.59. The highest BCUT2D eigenvalue weighted by atomic mass is 16.1. The minimum Gasteiger partial charge on any atom is -0.398 e. The van der Waals surface area contributed by atoms with E-state index >= 15 is 0 Å². The Hall–Kier alpha value is -2.30. The van der Waals surface area contributed by atoms with Crippen molar-refractivity contribution in [3.8, 4) is 0 Å². The van der Waals surface area contributed by atoms with E-state index in [0.717, 1.165) is 11.3 Å². The number of carbonyl (C=O) groups excluding carboxylic acids is 1. The summed E-state index contributed by atoms with van der Waals surface area (Å²) in [5.41, 5.74) is 8.92. The first-order valence-corrected chi connectivity index (χ1v) is 6.14. The van der Waals surface area contributed by atoms with Gasteiger partial charge in [0.05, 0.1) is 17.8 Å². The fraction of sp³-hybridized carbons (Fsp3) is 0.286. The van der Waals surface area contributed by atoms with Gasteiger partial charge in [0.25, 0.3) is 5.91 Å². The van der Waals surface area contributed by atoms with Crippen LogP contribution >= 0.6 is 0 Å². The number of carbonyl (C=O) groups is 1. The van der Waals surface area contributed by atoms with E-state index in [9.17, 15) is 4.79 Å². The van der Waals surface area contributed by atoms with Gasteiger partial charge in [0.2, 0.25) is 0 Å². The lowest BCUT2D eigenvalue weighted by molar-refractivity contribution is 0.0939. The van der Waals surface area contributed by atoms with E-state index in [2.05, 4.69) is 10.4 Å². The Labute approximate surface area is 112 Å². The van der Waals surface area contributed by atoms with Crippen LogP contribution in [0, 0.1) is 6.92 Å². The molecule has 1 unspecified atom stereocenters. The van der Waals surface area contributed by atoms with Crippen molar-refractivity contribution in [2.75, 3.05) is 5.73 Å². The van der Waals surface area contributed by atoms with Crippen LogP contribution in [-0.2, 0) is 7.05 Å². The number of hydrogen-bond donors (Lipinski definition) is 2. The van der Waals surface area contributed by atoms with E-state index in [1.54, 1.807) is 10.9 Å². The van der Waals surface area contributed by atoms with Crippen molar-refractivity contribution in [3.05, 3.63) is 47.3 Å². The normalized spacial score (nSPS) is 12.2. The van der Waals surface area contributed by atoms with Crippen molar-refractivity contribution in [1.29, 1.82) is 0 Å². The molecule has 2 rings (SSSR count). The van der Waals surface area contributed by atoms with Crippen LogP contribution in [0.5, 0.6) is 0 Å². The van der Waals surface area contributed by atoms with Gasteiger partial charge in [0.1, 0.15) is 0 Å². The number of nitrogens with zero attached hydrogens (tertiary/aromatic N) is 2. The number of para-hydroxylation sites is 1. The highest BCUT2D eigenvalue weighted by Crippen LogP contribution is 2.20. The number of benzene rings is 1. The van der Waals surface area contributed by atoms with Gasteiger partial charge in [0, 0.05) is 18.4 Å². The predicted octanol–water partition coefficient (Wildman–Crippen LogP) is 1.80. The van der Waals surface area contributed by atoms with Crippen molar-refractivity contribution in [2.45, 2.75) is 19.9 Å². The molecule has 100 valence electrons. The van der Waals surface area contributed by atoms with E-state index < -0.39 is 0 Å². The minimum atomic E-state index is -0.145. The first kappa shape index (κ1) is 13.1. The number of amides is 1. The molecule has 1 heterocycles. The van der Waals surface area contributed by atoms with E-state index in [4.69, 9.17) is 5.73 Å². The lowest BCUT2D eigenvalue weighted by Gasteiger charge is -2.16. The summed E-state index contributed by atoms with van der Waals surface area (Å²) < 4.78 is 1.68. The summed E-state index contributed by atoms with van der Waals surface area (Å²) in [6.07, 6.45) is 1.58. The van der Waals surface area contributed by atoms with Crippen LogP contribution in [-0.4, -0.2) is 15.7 Å². The van der Waals surface area contributed by atoms with Gasteiger partial charge in [-0.25, -0.2) is 0 Å². The van der Waals surface area contributed by atoms with E-state index in [1.165, 1.54) is 0 Å². The number of anilines is 1. The van der Waals surface area contributed by atoms with Gasteiger partial charge in [-0.3, -0.25) is 9.48 Å². The van der Waals surface area contributed by atoms with Crippen LogP contribution in [0.3, 0.4) is 0 Å². The Kier molecular flexibility index (Phi) is 3.55. The summed E-state index contributed by atoms with van der Waals surface area (Å²) in [7, 11) is 1.81. The van der Waals surface area contributed by atoms with Crippen molar-refractivity contribution < 1.29 is 4.79 Å². The lowest BCUT2D eigenvalue weighted by Crippen LogP contribution is -2.27. The predicted molar refractivity (Wildman–Crippen MR) is 74.7 cm³/mol.